The third kappa shape index (κ3) is 4.11. The van der Waals surface area contributed by atoms with E-state index in [2.05, 4.69) is 19.7 Å². The molecule has 0 spiro atoms. The molecule has 7 heteroatoms. The molecule has 144 valence electrons. The summed E-state index contributed by atoms with van der Waals surface area (Å²) in [4.78, 5) is 25.5. The number of hydrogen-bond donors (Lipinski definition) is 0. The van der Waals surface area contributed by atoms with E-state index in [4.69, 9.17) is 4.74 Å². The maximum absolute atomic E-state index is 13.1. The fraction of sp³-hybridized carbons (Fsp3) is 0.789. The lowest BCUT2D eigenvalue weighted by atomic mass is 9.95. The minimum atomic E-state index is 0.181. The van der Waals surface area contributed by atoms with Crippen LogP contribution in [0, 0.1) is 5.92 Å². The van der Waals surface area contributed by atoms with Crippen LogP contribution < -0.4 is 0 Å². The lowest BCUT2D eigenvalue weighted by Gasteiger charge is -2.35. The van der Waals surface area contributed by atoms with Crippen LogP contribution in [0.25, 0.3) is 0 Å². The Balaban J connectivity index is 1.39. The third-order valence-electron chi connectivity index (χ3n) is 6.02. The second-order valence-electron chi connectivity index (χ2n) is 7.90. The molecule has 0 aromatic carbocycles. The molecule has 0 N–H and O–H groups in total. The van der Waals surface area contributed by atoms with E-state index >= 15 is 0 Å². The molecule has 2 bridgehead atoms. The summed E-state index contributed by atoms with van der Waals surface area (Å²) in [5, 5.41) is 1.08. The maximum Gasteiger partial charge on any atom is 0.265 e. The molecule has 5 rings (SSSR count). The van der Waals surface area contributed by atoms with Crippen molar-refractivity contribution in [3.63, 3.8) is 0 Å². The molecule has 1 aromatic rings. The first-order valence-electron chi connectivity index (χ1n) is 9.92. The van der Waals surface area contributed by atoms with Gasteiger partial charge in [-0.15, -0.1) is 11.3 Å². The van der Waals surface area contributed by atoms with E-state index in [-0.39, 0.29) is 5.91 Å². The predicted octanol–water partition coefficient (Wildman–Crippen LogP) is 1.92. The second kappa shape index (κ2) is 8.33. The summed E-state index contributed by atoms with van der Waals surface area (Å²) in [6.07, 6.45) is 6.80. The lowest BCUT2D eigenvalue weighted by Crippen LogP contribution is -2.45. The van der Waals surface area contributed by atoms with Crippen molar-refractivity contribution in [1.82, 2.24) is 19.7 Å². The van der Waals surface area contributed by atoms with Crippen molar-refractivity contribution in [3.05, 3.63) is 16.1 Å². The van der Waals surface area contributed by atoms with Gasteiger partial charge in [0, 0.05) is 39.3 Å². The normalized spacial score (nSPS) is 27.2. The average molecular weight is 379 g/mol. The van der Waals surface area contributed by atoms with E-state index in [0.29, 0.717) is 12.0 Å². The van der Waals surface area contributed by atoms with Gasteiger partial charge in [-0.25, -0.2) is 4.98 Å². The number of rotatable bonds is 6. The van der Waals surface area contributed by atoms with Crippen molar-refractivity contribution < 1.29 is 9.53 Å². The highest BCUT2D eigenvalue weighted by Crippen LogP contribution is 2.29. The summed E-state index contributed by atoms with van der Waals surface area (Å²) in [5.41, 5.74) is 0. The number of amides is 1. The number of methoxy groups -OCH3 is 1. The number of aromatic nitrogens is 1. The van der Waals surface area contributed by atoms with Gasteiger partial charge in [0.15, 0.2) is 0 Å². The Hall–Kier alpha value is -1.02. The Morgan fingerprint density at radius 3 is 2.92 bits per heavy atom. The van der Waals surface area contributed by atoms with Gasteiger partial charge in [0.25, 0.3) is 5.91 Å². The lowest BCUT2D eigenvalue weighted by molar-refractivity contribution is 0.0721. The number of piperidine rings is 1. The molecule has 6 nitrogen and oxygen atoms in total. The zero-order chi connectivity index (χ0) is 17.9. The molecule has 4 saturated heterocycles. The van der Waals surface area contributed by atoms with Crippen LogP contribution in [0.3, 0.4) is 0 Å². The molecule has 0 radical (unpaired) electrons. The monoisotopic (exact) mass is 378 g/mol. The summed E-state index contributed by atoms with van der Waals surface area (Å²) < 4.78 is 5.26. The van der Waals surface area contributed by atoms with E-state index in [1.807, 2.05) is 0 Å². The van der Waals surface area contributed by atoms with Crippen molar-refractivity contribution in [2.45, 2.75) is 38.3 Å². The Kier molecular flexibility index (Phi) is 5.88. The Morgan fingerprint density at radius 2 is 2.12 bits per heavy atom. The highest BCUT2D eigenvalue weighted by Gasteiger charge is 2.36. The second-order valence-corrected chi connectivity index (χ2v) is 9.01. The molecular formula is C19H30N4O2S. The van der Waals surface area contributed by atoms with Crippen LogP contribution in [0.2, 0.25) is 0 Å². The van der Waals surface area contributed by atoms with Crippen LogP contribution in [0.5, 0.6) is 0 Å². The number of thiazole rings is 1. The summed E-state index contributed by atoms with van der Waals surface area (Å²) in [6.45, 7) is 7.79. The number of nitrogens with zero attached hydrogens (tertiary/aromatic N) is 4. The first kappa shape index (κ1) is 18.3. The number of carbonyl (C=O) groups excluding carboxylic acids is 1. The van der Waals surface area contributed by atoms with E-state index in [9.17, 15) is 4.79 Å². The van der Waals surface area contributed by atoms with Crippen LogP contribution >= 0.6 is 11.3 Å². The van der Waals surface area contributed by atoms with Crippen LogP contribution in [0.15, 0.2) is 6.20 Å². The molecule has 26 heavy (non-hydrogen) atoms. The maximum atomic E-state index is 13.1. The van der Waals surface area contributed by atoms with Gasteiger partial charge < -0.3 is 9.64 Å². The molecule has 1 amide bonds. The summed E-state index contributed by atoms with van der Waals surface area (Å²) in [5.74, 6) is 0.771. The number of carbonyl (C=O) groups is 1. The molecule has 1 aromatic heterocycles. The van der Waals surface area contributed by atoms with Gasteiger partial charge in [-0.05, 0) is 44.7 Å². The molecule has 4 aliphatic heterocycles. The molecule has 2 atom stereocenters. The van der Waals surface area contributed by atoms with E-state index in [1.165, 1.54) is 25.7 Å². The number of likely N-dealkylation sites (tertiary alicyclic amines) is 1. The van der Waals surface area contributed by atoms with Gasteiger partial charge >= 0.3 is 0 Å². The third-order valence-corrected chi connectivity index (χ3v) is 6.99. The molecule has 5 heterocycles. The molecule has 0 unspecified atom stereocenters. The summed E-state index contributed by atoms with van der Waals surface area (Å²) in [6, 6.07) is 0.477. The van der Waals surface area contributed by atoms with Crippen molar-refractivity contribution >= 4 is 17.2 Å². The standard InChI is InChI=1S/C19H30N4O2S/c1-25-9-8-22-11-15-4-5-16(22)13-23(12-15)19(24)17-10-20-18(26-17)14-21-6-2-3-7-21/h10,15-16H,2-9,11-14H2,1H3/t15-,16-/m1/s1. The van der Waals surface area contributed by atoms with Crippen LogP contribution in [-0.4, -0.2) is 84.6 Å². The van der Waals surface area contributed by atoms with Gasteiger partial charge in [-0.3, -0.25) is 14.6 Å². The quantitative estimate of drug-likeness (QED) is 0.757. The van der Waals surface area contributed by atoms with Gasteiger partial charge in [0.05, 0.1) is 19.3 Å². The number of hydrogen-bond acceptors (Lipinski definition) is 6. The SMILES string of the molecule is COCCN1C[C@H]2CC[C@@H]1CN(C(=O)c1cnc(CN3CCCC3)s1)C2. The first-order valence-corrected chi connectivity index (χ1v) is 10.7. The van der Waals surface area contributed by atoms with Crippen molar-refractivity contribution in [1.29, 1.82) is 0 Å². The average Bonchev–Trinajstić information content (AvgIpc) is 3.25. The fourth-order valence-corrected chi connectivity index (χ4v) is 5.53. The van der Waals surface area contributed by atoms with E-state index in [1.54, 1.807) is 24.6 Å². The van der Waals surface area contributed by atoms with Gasteiger partial charge in [-0.1, -0.05) is 0 Å². The smallest absolute Gasteiger partial charge is 0.265 e. The van der Waals surface area contributed by atoms with Crippen molar-refractivity contribution in [2.75, 3.05) is 53.0 Å². The molecule has 4 fully saturated rings. The topological polar surface area (TPSA) is 48.9 Å². The van der Waals surface area contributed by atoms with E-state index in [0.717, 1.165) is 62.3 Å². The fourth-order valence-electron chi connectivity index (χ4n) is 4.60. The highest BCUT2D eigenvalue weighted by molar-refractivity contribution is 7.13. The zero-order valence-electron chi connectivity index (χ0n) is 15.7. The Bertz CT molecular complexity index is 616. The highest BCUT2D eigenvalue weighted by atomic mass is 32.1. The predicted molar refractivity (Wildman–Crippen MR) is 102 cm³/mol. The van der Waals surface area contributed by atoms with E-state index < -0.39 is 0 Å². The van der Waals surface area contributed by atoms with Crippen molar-refractivity contribution in [2.24, 2.45) is 5.92 Å². The largest absolute Gasteiger partial charge is 0.383 e. The Labute approximate surface area is 160 Å². The zero-order valence-corrected chi connectivity index (χ0v) is 16.5. The molecule has 4 aliphatic rings. The van der Waals surface area contributed by atoms with Crippen LogP contribution in [0.1, 0.15) is 40.4 Å². The first-order chi connectivity index (χ1) is 12.7. The number of fused-ring (bicyclic) bond motifs is 4. The van der Waals surface area contributed by atoms with Gasteiger partial charge in [0.2, 0.25) is 0 Å². The number of ether oxygens (including phenoxy) is 1. The minimum Gasteiger partial charge on any atom is -0.383 e. The molecular weight excluding hydrogens is 348 g/mol. The van der Waals surface area contributed by atoms with Gasteiger partial charge in [0.1, 0.15) is 9.88 Å². The minimum absolute atomic E-state index is 0.181. The molecule has 0 saturated carbocycles. The van der Waals surface area contributed by atoms with Crippen LogP contribution in [-0.2, 0) is 11.3 Å². The van der Waals surface area contributed by atoms with Gasteiger partial charge in [-0.2, -0.15) is 0 Å². The Morgan fingerprint density at radius 1 is 1.27 bits per heavy atom. The molecule has 0 aliphatic carbocycles. The van der Waals surface area contributed by atoms with Crippen molar-refractivity contribution in [3.8, 4) is 0 Å². The summed E-state index contributed by atoms with van der Waals surface area (Å²) in [7, 11) is 1.76. The summed E-state index contributed by atoms with van der Waals surface area (Å²) >= 11 is 1.59. The van der Waals surface area contributed by atoms with Crippen LogP contribution in [0.4, 0.5) is 0 Å².